The number of rotatable bonds is 4. The number of aryl methyl sites for hydroxylation is 2. The Labute approximate surface area is 155 Å². The van der Waals surface area contributed by atoms with E-state index in [-0.39, 0.29) is 6.03 Å². The number of urea groups is 1. The SMILES string of the molecule is Cc1ccc(CN(C)C(=O)Nc2ccc(N3CCOCC3)cc2C)cc1. The van der Waals surface area contributed by atoms with E-state index in [1.165, 1.54) is 11.3 Å². The molecular formula is C21H27N3O2. The van der Waals surface area contributed by atoms with Crippen molar-refractivity contribution >= 4 is 17.4 Å². The number of nitrogens with zero attached hydrogens (tertiary/aromatic N) is 2. The Morgan fingerprint density at radius 2 is 1.81 bits per heavy atom. The van der Waals surface area contributed by atoms with Crippen molar-refractivity contribution < 1.29 is 9.53 Å². The molecule has 0 aliphatic carbocycles. The summed E-state index contributed by atoms with van der Waals surface area (Å²) in [5.74, 6) is 0. The predicted octanol–water partition coefficient (Wildman–Crippen LogP) is 3.80. The number of nitrogens with one attached hydrogen (secondary N) is 1. The molecule has 5 nitrogen and oxygen atoms in total. The Bertz CT molecular complexity index is 752. The molecule has 0 saturated carbocycles. The van der Waals surface area contributed by atoms with Crippen molar-refractivity contribution in [1.82, 2.24) is 4.90 Å². The lowest BCUT2D eigenvalue weighted by Crippen LogP contribution is -2.36. The van der Waals surface area contributed by atoms with Gasteiger partial charge in [-0.05, 0) is 43.2 Å². The second-order valence-electron chi connectivity index (χ2n) is 6.87. The van der Waals surface area contributed by atoms with Gasteiger partial charge in [-0.1, -0.05) is 29.8 Å². The molecule has 5 heteroatoms. The number of hydrogen-bond donors (Lipinski definition) is 1. The summed E-state index contributed by atoms with van der Waals surface area (Å²) in [5.41, 5.74) is 5.43. The highest BCUT2D eigenvalue weighted by molar-refractivity contribution is 5.90. The first-order valence-corrected chi connectivity index (χ1v) is 9.04. The Morgan fingerprint density at radius 1 is 1.12 bits per heavy atom. The van der Waals surface area contributed by atoms with Crippen molar-refractivity contribution in [3.63, 3.8) is 0 Å². The van der Waals surface area contributed by atoms with Crippen LogP contribution in [0.25, 0.3) is 0 Å². The van der Waals surface area contributed by atoms with Crippen molar-refractivity contribution in [1.29, 1.82) is 0 Å². The molecule has 1 fully saturated rings. The number of carbonyl (C=O) groups is 1. The third-order valence-corrected chi connectivity index (χ3v) is 4.71. The summed E-state index contributed by atoms with van der Waals surface area (Å²) in [4.78, 5) is 16.5. The van der Waals surface area contributed by atoms with E-state index in [4.69, 9.17) is 4.74 Å². The first kappa shape index (κ1) is 18.3. The number of anilines is 2. The maximum absolute atomic E-state index is 12.5. The molecule has 0 radical (unpaired) electrons. The van der Waals surface area contributed by atoms with Crippen molar-refractivity contribution in [3.05, 3.63) is 59.2 Å². The van der Waals surface area contributed by atoms with Gasteiger partial charge < -0.3 is 19.9 Å². The first-order chi connectivity index (χ1) is 12.5. The zero-order valence-corrected chi connectivity index (χ0v) is 15.8. The highest BCUT2D eigenvalue weighted by Gasteiger charge is 2.14. The van der Waals surface area contributed by atoms with Gasteiger partial charge in [0.25, 0.3) is 0 Å². The van der Waals surface area contributed by atoms with E-state index in [9.17, 15) is 4.79 Å². The van der Waals surface area contributed by atoms with Gasteiger partial charge in [0.15, 0.2) is 0 Å². The second kappa shape index (κ2) is 8.23. The summed E-state index contributed by atoms with van der Waals surface area (Å²) in [6.07, 6.45) is 0. The fourth-order valence-corrected chi connectivity index (χ4v) is 3.06. The lowest BCUT2D eigenvalue weighted by molar-refractivity contribution is 0.122. The summed E-state index contributed by atoms with van der Waals surface area (Å²) in [5, 5.41) is 3.02. The monoisotopic (exact) mass is 353 g/mol. The molecule has 3 rings (SSSR count). The Balaban J connectivity index is 1.62. The van der Waals surface area contributed by atoms with Crippen molar-refractivity contribution in [3.8, 4) is 0 Å². The highest BCUT2D eigenvalue weighted by atomic mass is 16.5. The van der Waals surface area contributed by atoms with E-state index in [0.29, 0.717) is 6.54 Å². The standard InChI is InChI=1S/C21H27N3O2/c1-16-4-6-18(7-5-16)15-23(3)21(25)22-20-9-8-19(14-17(20)2)24-10-12-26-13-11-24/h4-9,14H,10-13,15H2,1-3H3,(H,22,25). The summed E-state index contributed by atoms with van der Waals surface area (Å²) in [6, 6.07) is 14.3. The van der Waals surface area contributed by atoms with Gasteiger partial charge in [0.05, 0.1) is 13.2 Å². The van der Waals surface area contributed by atoms with Gasteiger partial charge in [0.2, 0.25) is 0 Å². The fourth-order valence-electron chi connectivity index (χ4n) is 3.06. The molecule has 2 aromatic carbocycles. The molecule has 2 aromatic rings. The molecular weight excluding hydrogens is 326 g/mol. The molecule has 0 aromatic heterocycles. The molecule has 26 heavy (non-hydrogen) atoms. The summed E-state index contributed by atoms with van der Waals surface area (Å²) in [7, 11) is 1.81. The maximum Gasteiger partial charge on any atom is 0.321 e. The highest BCUT2D eigenvalue weighted by Crippen LogP contribution is 2.23. The molecule has 1 saturated heterocycles. The lowest BCUT2D eigenvalue weighted by atomic mass is 10.1. The average Bonchev–Trinajstić information content (AvgIpc) is 2.66. The number of carbonyl (C=O) groups excluding carboxylic acids is 1. The molecule has 1 heterocycles. The molecule has 1 N–H and O–H groups in total. The molecule has 0 atom stereocenters. The van der Waals surface area contributed by atoms with E-state index in [2.05, 4.69) is 53.5 Å². The van der Waals surface area contributed by atoms with Crippen LogP contribution in [0.2, 0.25) is 0 Å². The van der Waals surface area contributed by atoms with E-state index in [1.807, 2.05) is 20.0 Å². The van der Waals surface area contributed by atoms with Crippen LogP contribution >= 0.6 is 0 Å². The van der Waals surface area contributed by atoms with Crippen LogP contribution in [-0.2, 0) is 11.3 Å². The Morgan fingerprint density at radius 3 is 2.46 bits per heavy atom. The van der Waals surface area contributed by atoms with Crippen molar-refractivity contribution in [2.75, 3.05) is 43.6 Å². The van der Waals surface area contributed by atoms with Gasteiger partial charge in [-0.3, -0.25) is 0 Å². The zero-order chi connectivity index (χ0) is 18.5. The van der Waals surface area contributed by atoms with Gasteiger partial charge in [-0.25, -0.2) is 4.79 Å². The molecule has 2 amide bonds. The van der Waals surface area contributed by atoms with Crippen molar-refractivity contribution in [2.24, 2.45) is 0 Å². The largest absolute Gasteiger partial charge is 0.378 e. The number of benzene rings is 2. The fraction of sp³-hybridized carbons (Fsp3) is 0.381. The Kier molecular flexibility index (Phi) is 5.78. The van der Waals surface area contributed by atoms with Crippen LogP contribution in [-0.4, -0.2) is 44.3 Å². The third-order valence-electron chi connectivity index (χ3n) is 4.71. The van der Waals surface area contributed by atoms with Crippen LogP contribution in [0, 0.1) is 13.8 Å². The first-order valence-electron chi connectivity index (χ1n) is 9.04. The van der Waals surface area contributed by atoms with Crippen LogP contribution in [0.1, 0.15) is 16.7 Å². The zero-order valence-electron chi connectivity index (χ0n) is 15.8. The number of hydrogen-bond acceptors (Lipinski definition) is 3. The van der Waals surface area contributed by atoms with Gasteiger partial charge in [-0.15, -0.1) is 0 Å². The van der Waals surface area contributed by atoms with Gasteiger partial charge >= 0.3 is 6.03 Å². The van der Waals surface area contributed by atoms with Crippen LogP contribution in [0.4, 0.5) is 16.2 Å². The number of amides is 2. The minimum atomic E-state index is -0.104. The minimum Gasteiger partial charge on any atom is -0.378 e. The second-order valence-corrected chi connectivity index (χ2v) is 6.87. The molecule has 138 valence electrons. The van der Waals surface area contributed by atoms with E-state index in [1.54, 1.807) is 4.90 Å². The molecule has 0 bridgehead atoms. The minimum absolute atomic E-state index is 0.104. The predicted molar refractivity (Wildman–Crippen MR) is 106 cm³/mol. The quantitative estimate of drug-likeness (QED) is 0.909. The van der Waals surface area contributed by atoms with Gasteiger partial charge in [0, 0.05) is 38.1 Å². The maximum atomic E-state index is 12.5. The third kappa shape index (κ3) is 4.55. The van der Waals surface area contributed by atoms with Crippen LogP contribution in [0.3, 0.4) is 0 Å². The average molecular weight is 353 g/mol. The van der Waals surface area contributed by atoms with Gasteiger partial charge in [0.1, 0.15) is 0 Å². The van der Waals surface area contributed by atoms with E-state index < -0.39 is 0 Å². The summed E-state index contributed by atoms with van der Waals surface area (Å²) < 4.78 is 5.41. The topological polar surface area (TPSA) is 44.8 Å². The molecule has 1 aliphatic rings. The van der Waals surface area contributed by atoms with Crippen LogP contribution in [0.5, 0.6) is 0 Å². The normalized spacial score (nSPS) is 14.2. The lowest BCUT2D eigenvalue weighted by Gasteiger charge is -2.29. The smallest absolute Gasteiger partial charge is 0.321 e. The van der Waals surface area contributed by atoms with Crippen molar-refractivity contribution in [2.45, 2.75) is 20.4 Å². The summed E-state index contributed by atoms with van der Waals surface area (Å²) >= 11 is 0. The van der Waals surface area contributed by atoms with E-state index >= 15 is 0 Å². The Hall–Kier alpha value is -2.53. The van der Waals surface area contributed by atoms with Crippen LogP contribution < -0.4 is 10.2 Å². The number of morpholine rings is 1. The van der Waals surface area contributed by atoms with Gasteiger partial charge in [-0.2, -0.15) is 0 Å². The number of ether oxygens (including phenoxy) is 1. The molecule has 0 unspecified atom stereocenters. The molecule has 0 spiro atoms. The summed E-state index contributed by atoms with van der Waals surface area (Å²) in [6.45, 7) is 8.01. The molecule has 1 aliphatic heterocycles. The van der Waals surface area contributed by atoms with E-state index in [0.717, 1.165) is 43.1 Å². The van der Waals surface area contributed by atoms with Crippen LogP contribution in [0.15, 0.2) is 42.5 Å².